The number of phosphoric acid groups is 3. The van der Waals surface area contributed by atoms with Crippen molar-refractivity contribution in [2.24, 2.45) is 0 Å². The minimum atomic E-state index is -5.77. The normalized spacial score (nSPS) is 19.7. The zero-order valence-corrected chi connectivity index (χ0v) is 54.7. The number of hydrogen-bond acceptors (Lipinski definition) is 24. The lowest BCUT2D eigenvalue weighted by Crippen LogP contribution is -2.45. The molecule has 8 N–H and O–H groups in total. The predicted molar refractivity (Wildman–Crippen MR) is 332 cm³/mol. The van der Waals surface area contributed by atoms with E-state index in [0.717, 1.165) is 105 Å². The largest absolute Gasteiger partial charge is 0.545 e. The number of aromatic nitrogens is 4. The van der Waals surface area contributed by atoms with Crippen molar-refractivity contribution in [1.29, 1.82) is 0 Å². The van der Waals surface area contributed by atoms with E-state index in [4.69, 9.17) is 53.3 Å². The van der Waals surface area contributed by atoms with Crippen molar-refractivity contribution in [3.63, 3.8) is 0 Å². The molecular weight excluding hydrogens is 1300 g/mol. The highest BCUT2D eigenvalue weighted by Crippen LogP contribution is 2.66. The maximum atomic E-state index is 13.4. The van der Waals surface area contributed by atoms with Crippen molar-refractivity contribution in [3.05, 3.63) is 98.1 Å². The van der Waals surface area contributed by atoms with Gasteiger partial charge in [0.2, 0.25) is 11.3 Å². The van der Waals surface area contributed by atoms with Crippen LogP contribution in [-0.2, 0) is 85.8 Å². The standard InChI is InChI=1S/C57H72N9O21P3S2/c1-57(2,92-91-33-81-43-28-46(66-32-62-48-53(58)60-31-61-54(48)66)84-44(43)29-83-89(74,75)87-90(76,77)86-88(71,72)73)30-59-45(67)13-18-78-19-20-79-21-22-80-23-24-82-63-55(68)36-11-12-37(40(27-36)56(69)70)47-41-25-34-7-3-14-64-16-5-9-38(49(34)64)51(41)85-52-39-10-6-17-65-15-4-8-35(50(39)65)26-42(47)52/h11-12,25-27,31-32,43-44,46H,3-10,13-24,28-30,33H2,1-2H3,(H8-,58,59,60,61,63,67,68,69,70,71,72,73,74,75,76,77)/t43?,44-,46-/m1/s1. The van der Waals surface area contributed by atoms with Gasteiger partial charge in [-0.1, -0.05) is 27.7 Å². The van der Waals surface area contributed by atoms with Gasteiger partial charge in [-0.25, -0.2) is 38.7 Å². The van der Waals surface area contributed by atoms with Gasteiger partial charge in [-0.3, -0.25) is 23.5 Å². The predicted octanol–water partition coefficient (Wildman–Crippen LogP) is 3.26. The number of carbonyl (C=O) groups excluding carboxylic acids is 3. The monoisotopic (exact) mass is 1380 g/mol. The lowest BCUT2D eigenvalue weighted by molar-refractivity contribution is -0.255. The van der Waals surface area contributed by atoms with Crippen molar-refractivity contribution in [1.82, 2.24) is 34.9 Å². The highest BCUT2D eigenvalue weighted by Gasteiger charge is 2.44. The Labute approximate surface area is 535 Å². The molecule has 5 aromatic rings. The van der Waals surface area contributed by atoms with Crippen LogP contribution in [-0.4, -0.2) is 165 Å². The molecule has 6 aliphatic rings. The van der Waals surface area contributed by atoms with Gasteiger partial charge in [0.15, 0.2) is 11.5 Å². The summed E-state index contributed by atoms with van der Waals surface area (Å²) in [6, 6.07) is 9.09. The number of hydroxylamine groups is 1. The van der Waals surface area contributed by atoms with Crippen molar-refractivity contribution >= 4 is 91.1 Å². The van der Waals surface area contributed by atoms with Crippen LogP contribution in [0.15, 0.2) is 43.0 Å². The summed E-state index contributed by atoms with van der Waals surface area (Å²) in [5, 5.41) is 18.2. The number of nitrogens with one attached hydrogen (secondary N) is 2. The van der Waals surface area contributed by atoms with E-state index in [-0.39, 0.29) is 99.9 Å². The molecule has 8 heterocycles. The van der Waals surface area contributed by atoms with Gasteiger partial charge < -0.3 is 73.8 Å². The third-order valence-electron chi connectivity index (χ3n) is 16.2. The first kappa shape index (κ1) is 68.0. The molecule has 6 aliphatic heterocycles. The zero-order valence-electron chi connectivity index (χ0n) is 50.4. The van der Waals surface area contributed by atoms with Crippen LogP contribution in [0.1, 0.15) is 113 Å². The molecule has 0 spiro atoms. The van der Waals surface area contributed by atoms with Crippen molar-refractivity contribution in [3.8, 4) is 11.5 Å². The number of ether oxygens (including phenoxy) is 6. The van der Waals surface area contributed by atoms with Gasteiger partial charge in [-0.2, -0.15) is 8.62 Å². The Morgan fingerprint density at radius 3 is 2.32 bits per heavy atom. The summed E-state index contributed by atoms with van der Waals surface area (Å²) in [4.78, 5) is 97.0. The van der Waals surface area contributed by atoms with E-state index in [0.29, 0.717) is 11.2 Å². The Kier molecular flexibility index (Phi) is 21.6. The Balaban J connectivity index is 0.581. The van der Waals surface area contributed by atoms with E-state index in [1.165, 1.54) is 78.2 Å². The van der Waals surface area contributed by atoms with Gasteiger partial charge in [0.1, 0.15) is 54.7 Å². The number of anilines is 2. The summed E-state index contributed by atoms with van der Waals surface area (Å²) in [5.41, 5.74) is 17.2. The second-order valence-corrected chi connectivity index (χ2v) is 30.5. The number of imidazole rings is 1. The molecule has 3 unspecified atom stereocenters. The minimum Gasteiger partial charge on any atom is -0.545 e. The van der Waals surface area contributed by atoms with Crippen LogP contribution in [0.3, 0.4) is 0 Å². The number of aromatic carboxylic acids is 1. The first-order valence-corrected chi connectivity index (χ1v) is 36.9. The molecule has 2 amide bonds. The number of nitrogens with two attached hydrogens (primary N) is 1. The number of benzene rings is 3. The first-order chi connectivity index (χ1) is 44.0. The fourth-order valence-corrected chi connectivity index (χ4v) is 17.5. The molecule has 0 radical (unpaired) electrons. The van der Waals surface area contributed by atoms with Crippen LogP contribution < -0.4 is 46.4 Å². The second-order valence-electron chi connectivity index (χ2n) is 23.2. The number of phosphoric ester groups is 1. The van der Waals surface area contributed by atoms with E-state index < -0.39 is 65.1 Å². The number of fused-ring (bicyclic) bond motifs is 5. The Hall–Kier alpha value is -5.44. The molecule has 1 saturated heterocycles. The molecule has 30 nitrogen and oxygen atoms in total. The van der Waals surface area contributed by atoms with Gasteiger partial charge in [0.05, 0.1) is 76.8 Å². The summed E-state index contributed by atoms with van der Waals surface area (Å²) >= 11 is 0. The number of aryl methyl sites for hydroxylation is 2. The van der Waals surface area contributed by atoms with E-state index >= 15 is 0 Å². The van der Waals surface area contributed by atoms with Crippen LogP contribution >= 0.6 is 45.1 Å². The number of carbonyl (C=O) groups is 3. The maximum absolute atomic E-state index is 13.4. The fraction of sp³-hybridized carbons (Fsp3) is 0.526. The van der Waals surface area contributed by atoms with Crippen molar-refractivity contribution in [2.75, 3.05) is 102 Å². The quantitative estimate of drug-likeness (QED) is 0.00820. The number of amides is 2. The highest BCUT2D eigenvalue weighted by atomic mass is 33.1. The molecular formula is C57H72N9O21P3S2. The Morgan fingerprint density at radius 1 is 0.837 bits per heavy atom. The van der Waals surface area contributed by atoms with Crippen molar-refractivity contribution in [2.45, 2.75) is 101 Å². The topological polar surface area (TPSA) is 399 Å². The molecule has 0 bridgehead atoms. The number of nitrogens with zero attached hydrogens (tertiary/aromatic N) is 6. The molecule has 5 atom stereocenters. The number of nitrogen functional groups attached to an aromatic ring is 1. The Bertz CT molecular complexity index is 3910. The lowest BCUT2D eigenvalue weighted by atomic mass is 9.81. The molecule has 11 rings (SSSR count). The van der Waals surface area contributed by atoms with Gasteiger partial charge in [-0.05, 0) is 87.8 Å². The molecule has 3 aromatic carbocycles. The maximum Gasteiger partial charge on any atom is 0.490 e. The van der Waals surface area contributed by atoms with Crippen LogP contribution in [0, 0.1) is 0 Å². The highest BCUT2D eigenvalue weighted by molar-refractivity contribution is 8.77. The van der Waals surface area contributed by atoms with E-state index in [1.807, 2.05) is 13.8 Å². The molecule has 0 saturated carbocycles. The third-order valence-corrected chi connectivity index (χ3v) is 22.9. The van der Waals surface area contributed by atoms with Crippen LogP contribution in [0.4, 0.5) is 11.5 Å². The first-order valence-electron chi connectivity index (χ1n) is 30.0. The van der Waals surface area contributed by atoms with Gasteiger partial charge >= 0.3 is 23.5 Å². The van der Waals surface area contributed by atoms with Gasteiger partial charge in [0.25, 0.3) is 5.91 Å². The Morgan fingerprint density at radius 2 is 1.55 bits per heavy atom. The summed E-state index contributed by atoms with van der Waals surface area (Å²) in [6.45, 7) is 8.55. The smallest absolute Gasteiger partial charge is 0.490 e. The average molecular weight is 1380 g/mol. The second kappa shape index (κ2) is 29.3. The fourth-order valence-electron chi connectivity index (χ4n) is 12.3. The van der Waals surface area contributed by atoms with Crippen LogP contribution in [0.5, 0.6) is 11.5 Å². The summed E-state index contributed by atoms with van der Waals surface area (Å²) in [7, 11) is -14.2. The molecule has 92 heavy (non-hydrogen) atoms. The molecule has 35 heteroatoms. The van der Waals surface area contributed by atoms with E-state index in [1.54, 1.807) is 12.1 Å². The number of rotatable bonds is 31. The van der Waals surface area contributed by atoms with Crippen molar-refractivity contribution < 1.29 is 99.2 Å². The average Bonchev–Trinajstić information content (AvgIpc) is 0.815. The molecule has 2 aromatic heterocycles. The minimum absolute atomic E-state index is 0.00433. The summed E-state index contributed by atoms with van der Waals surface area (Å²) in [6.07, 6.45) is 7.73. The van der Waals surface area contributed by atoms with Gasteiger partial charge in [-0.15, -0.1) is 0 Å². The lowest BCUT2D eigenvalue weighted by Gasteiger charge is -2.39. The SMILES string of the molecule is CC(C)(CNC(=O)CCOCCOCCOCCONC(=O)c1ccc(C2=c3cc4c5c(c3Oc3c2cc2c6c3CCCN6CCC2)CCC[N+]=5CCC4)c(C(=O)[O-])c1)SSCOC1C[C@H](n2cnc3c(N)ncnc32)O[C@@H]1COP(=O)(O)OP(=O)(O)OP(=O)(O)O. The molecule has 1 fully saturated rings. The zero-order chi connectivity index (χ0) is 65.0. The number of carboxylic acid groups (broad SMARTS) is 1. The number of carboxylic acids is 1. The van der Waals surface area contributed by atoms with E-state index in [2.05, 4.69) is 56.0 Å². The summed E-state index contributed by atoms with van der Waals surface area (Å²) < 4.78 is 87.6. The van der Waals surface area contributed by atoms with Gasteiger partial charge in [0, 0.05) is 94.4 Å². The van der Waals surface area contributed by atoms with Crippen LogP contribution in [0.25, 0.3) is 16.7 Å². The number of hydrogen-bond donors (Lipinski definition) is 7. The molecule has 0 aliphatic carbocycles. The van der Waals surface area contributed by atoms with Crippen LogP contribution in [0.2, 0.25) is 0 Å². The summed E-state index contributed by atoms with van der Waals surface area (Å²) in [5.74, 6) is -0.518. The third kappa shape index (κ3) is 16.3. The molecule has 498 valence electrons. The van der Waals surface area contributed by atoms with E-state index in [9.17, 15) is 43.0 Å².